The lowest BCUT2D eigenvalue weighted by molar-refractivity contribution is 0.0611. The molecule has 0 spiro atoms. The molecular formula is C23H28ClFN4O4S. The number of nitrogen functional groups attached to an aromatic ring is 1. The maximum absolute atomic E-state index is 13.5. The fourth-order valence-electron chi connectivity index (χ4n) is 5.88. The third-order valence-electron chi connectivity index (χ3n) is 7.54. The summed E-state index contributed by atoms with van der Waals surface area (Å²) in [5.41, 5.74) is 6.23. The zero-order chi connectivity index (χ0) is 24.4. The summed E-state index contributed by atoms with van der Waals surface area (Å²) in [6.07, 6.45) is 3.69. The second-order valence-corrected chi connectivity index (χ2v) is 12.9. The number of aryl methyl sites for hydroxylation is 1. The lowest BCUT2D eigenvalue weighted by Gasteiger charge is -2.24. The van der Waals surface area contributed by atoms with Crippen LogP contribution in [0.1, 0.15) is 60.5 Å². The molecule has 3 aliphatic carbocycles. The summed E-state index contributed by atoms with van der Waals surface area (Å²) in [5.74, 6) is -0.660. The van der Waals surface area contributed by atoms with Gasteiger partial charge < -0.3 is 16.2 Å². The number of nitrogens with one attached hydrogen (secondary N) is 1. The second-order valence-electron chi connectivity index (χ2n) is 10.2. The van der Waals surface area contributed by atoms with E-state index in [-0.39, 0.29) is 45.2 Å². The Morgan fingerprint density at radius 3 is 2.56 bits per heavy atom. The van der Waals surface area contributed by atoms with Crippen molar-refractivity contribution in [2.24, 2.45) is 18.9 Å². The Balaban J connectivity index is 1.32. The van der Waals surface area contributed by atoms with Crippen molar-refractivity contribution in [3.05, 3.63) is 40.3 Å². The number of aromatic nitrogens is 2. The minimum atomic E-state index is -3.25. The van der Waals surface area contributed by atoms with E-state index < -0.39 is 27.2 Å². The molecule has 3 saturated carbocycles. The molecule has 34 heavy (non-hydrogen) atoms. The molecule has 2 unspecified atom stereocenters. The highest BCUT2D eigenvalue weighted by Crippen LogP contribution is 2.55. The lowest BCUT2D eigenvalue weighted by atomic mass is 9.92. The number of nitrogens with two attached hydrogens (primary N) is 1. The number of benzene rings is 1. The molecule has 1 aromatic heterocycles. The van der Waals surface area contributed by atoms with Crippen molar-refractivity contribution in [1.29, 1.82) is 0 Å². The molecule has 1 aromatic carbocycles. The van der Waals surface area contributed by atoms with Gasteiger partial charge in [-0.15, -0.1) is 0 Å². The van der Waals surface area contributed by atoms with Gasteiger partial charge in [0.05, 0.1) is 27.3 Å². The van der Waals surface area contributed by atoms with E-state index in [0.717, 1.165) is 0 Å². The Morgan fingerprint density at radius 2 is 1.97 bits per heavy atom. The number of carbonyl (C=O) groups excluding carboxylic acids is 1. The van der Waals surface area contributed by atoms with Crippen molar-refractivity contribution in [1.82, 2.24) is 9.78 Å². The van der Waals surface area contributed by atoms with Crippen LogP contribution in [0.3, 0.4) is 0 Å². The summed E-state index contributed by atoms with van der Waals surface area (Å²) in [6, 6.07) is 3.92. The van der Waals surface area contributed by atoms with Crippen LogP contribution in [0.15, 0.2) is 18.2 Å². The molecule has 3 aliphatic rings. The summed E-state index contributed by atoms with van der Waals surface area (Å²) in [7, 11) is -1.58. The Morgan fingerprint density at radius 1 is 1.32 bits per heavy atom. The zero-order valence-electron chi connectivity index (χ0n) is 18.8. The molecule has 2 aromatic rings. The average molecular weight is 511 g/mol. The summed E-state index contributed by atoms with van der Waals surface area (Å²) in [6.45, 7) is 0. The first-order chi connectivity index (χ1) is 16.0. The van der Waals surface area contributed by atoms with Crippen LogP contribution in [0.2, 0.25) is 5.02 Å². The molecule has 1 amide bonds. The van der Waals surface area contributed by atoms with Crippen molar-refractivity contribution in [2.75, 3.05) is 16.8 Å². The van der Waals surface area contributed by atoms with Crippen LogP contribution in [0.5, 0.6) is 0 Å². The second kappa shape index (κ2) is 8.20. The molecule has 184 valence electrons. The summed E-state index contributed by atoms with van der Waals surface area (Å²) in [5, 5.41) is 17.9. The number of hydrogen-bond donors (Lipinski definition) is 3. The van der Waals surface area contributed by atoms with E-state index in [4.69, 9.17) is 17.3 Å². The summed E-state index contributed by atoms with van der Waals surface area (Å²) >= 11 is 5.83. The smallest absolute Gasteiger partial charge is 0.261 e. The highest BCUT2D eigenvalue weighted by Gasteiger charge is 2.53. The Hall–Kier alpha value is -2.17. The maximum Gasteiger partial charge on any atom is 0.261 e. The third-order valence-corrected chi connectivity index (χ3v) is 10.3. The standard InChI is InChI=1S/C23H28ClFN4O4S/c1-29-21(26)19(22(30)27-15-2-5-18(25)17(24)8-15)20(28-29)12-6-13-9-23(31,10-14(13)7-12)11-34(32,33)16-3-4-16/h2,5,8,12-14,16,31H,3-4,6-7,9-11,26H2,1H3,(H,27,30). The van der Waals surface area contributed by atoms with Crippen LogP contribution in [0, 0.1) is 17.7 Å². The minimum absolute atomic E-state index is 0.0272. The Bertz CT molecular complexity index is 1250. The van der Waals surface area contributed by atoms with E-state index in [9.17, 15) is 22.7 Å². The Labute approximate surface area is 202 Å². The average Bonchev–Trinajstić information content (AvgIpc) is 3.40. The van der Waals surface area contributed by atoms with Gasteiger partial charge in [0, 0.05) is 18.7 Å². The van der Waals surface area contributed by atoms with E-state index >= 15 is 0 Å². The van der Waals surface area contributed by atoms with E-state index in [1.165, 1.54) is 22.9 Å². The number of rotatable bonds is 6. The largest absolute Gasteiger partial charge is 0.389 e. The predicted octanol–water partition coefficient (Wildman–Crippen LogP) is 3.26. The van der Waals surface area contributed by atoms with Gasteiger partial charge in [-0.25, -0.2) is 12.8 Å². The van der Waals surface area contributed by atoms with Crippen LogP contribution in [-0.2, 0) is 16.9 Å². The van der Waals surface area contributed by atoms with Crippen molar-refractivity contribution in [2.45, 2.75) is 55.3 Å². The van der Waals surface area contributed by atoms with Gasteiger partial charge in [-0.3, -0.25) is 9.48 Å². The number of carbonyl (C=O) groups is 1. The number of sulfone groups is 1. The first-order valence-corrected chi connectivity index (χ1v) is 13.6. The van der Waals surface area contributed by atoms with Crippen molar-refractivity contribution in [3.63, 3.8) is 0 Å². The fourth-order valence-corrected chi connectivity index (χ4v) is 8.13. The van der Waals surface area contributed by atoms with E-state index in [1.54, 1.807) is 7.05 Å². The lowest BCUT2D eigenvalue weighted by Crippen LogP contribution is -2.36. The number of hydrogen-bond acceptors (Lipinski definition) is 6. The summed E-state index contributed by atoms with van der Waals surface area (Å²) in [4.78, 5) is 13.1. The van der Waals surface area contributed by atoms with Crippen LogP contribution >= 0.6 is 11.6 Å². The van der Waals surface area contributed by atoms with Gasteiger partial charge in [0.25, 0.3) is 5.91 Å². The van der Waals surface area contributed by atoms with Crippen molar-refractivity contribution in [3.8, 4) is 0 Å². The molecule has 5 rings (SSSR count). The molecule has 11 heteroatoms. The number of aliphatic hydroxyl groups is 1. The van der Waals surface area contributed by atoms with Crippen LogP contribution in [-0.4, -0.2) is 45.8 Å². The van der Waals surface area contributed by atoms with Crippen molar-refractivity contribution >= 4 is 38.9 Å². The molecular weight excluding hydrogens is 483 g/mol. The first kappa shape index (κ1) is 23.6. The molecule has 0 saturated heterocycles. The fraction of sp³-hybridized carbons (Fsp3) is 0.565. The Kier molecular flexibility index (Phi) is 5.69. The van der Waals surface area contributed by atoms with Gasteiger partial charge in [-0.2, -0.15) is 5.10 Å². The number of anilines is 2. The number of nitrogens with zero attached hydrogens (tertiary/aromatic N) is 2. The van der Waals surface area contributed by atoms with Crippen LogP contribution in [0.25, 0.3) is 0 Å². The highest BCUT2D eigenvalue weighted by molar-refractivity contribution is 7.92. The quantitative estimate of drug-likeness (QED) is 0.547. The van der Waals surface area contributed by atoms with Gasteiger partial charge in [0.15, 0.2) is 9.84 Å². The van der Waals surface area contributed by atoms with Gasteiger partial charge in [0.1, 0.15) is 17.2 Å². The van der Waals surface area contributed by atoms with Gasteiger partial charge >= 0.3 is 0 Å². The maximum atomic E-state index is 13.5. The van der Waals surface area contributed by atoms with E-state index in [0.29, 0.717) is 49.9 Å². The van der Waals surface area contributed by atoms with E-state index in [2.05, 4.69) is 10.4 Å². The molecule has 0 bridgehead atoms. The van der Waals surface area contributed by atoms with E-state index in [1.807, 2.05) is 0 Å². The topological polar surface area (TPSA) is 127 Å². The molecule has 0 aliphatic heterocycles. The third kappa shape index (κ3) is 4.31. The molecule has 2 atom stereocenters. The molecule has 0 radical (unpaired) electrons. The van der Waals surface area contributed by atoms with Crippen LogP contribution in [0.4, 0.5) is 15.9 Å². The predicted molar refractivity (Wildman–Crippen MR) is 127 cm³/mol. The van der Waals surface area contributed by atoms with Crippen molar-refractivity contribution < 1.29 is 22.7 Å². The monoisotopic (exact) mass is 510 g/mol. The molecule has 1 heterocycles. The van der Waals surface area contributed by atoms with Gasteiger partial charge in [0.2, 0.25) is 0 Å². The van der Waals surface area contributed by atoms with Gasteiger partial charge in [-0.1, -0.05) is 11.6 Å². The number of halogens is 2. The molecule has 8 nitrogen and oxygen atoms in total. The summed E-state index contributed by atoms with van der Waals surface area (Å²) < 4.78 is 39.8. The van der Waals surface area contributed by atoms with Gasteiger partial charge in [-0.05, 0) is 68.6 Å². The highest BCUT2D eigenvalue weighted by atomic mass is 35.5. The number of fused-ring (bicyclic) bond motifs is 1. The normalized spacial score (nSPS) is 28.8. The SMILES string of the molecule is Cn1nc(C2CC3CC(O)(CS(=O)(=O)C4CC4)CC3C2)c(C(=O)Nc2ccc(F)c(Cl)c2)c1N. The molecule has 3 fully saturated rings. The van der Waals surface area contributed by atoms with Crippen LogP contribution < -0.4 is 11.1 Å². The number of amides is 1. The zero-order valence-corrected chi connectivity index (χ0v) is 20.4. The first-order valence-electron chi connectivity index (χ1n) is 11.5. The molecule has 4 N–H and O–H groups in total. The minimum Gasteiger partial charge on any atom is -0.389 e.